The van der Waals surface area contributed by atoms with Gasteiger partial charge in [0, 0.05) is 24.7 Å². The lowest BCUT2D eigenvalue weighted by Crippen LogP contribution is -2.45. The van der Waals surface area contributed by atoms with E-state index in [1.807, 2.05) is 0 Å². The van der Waals surface area contributed by atoms with Crippen molar-refractivity contribution in [3.05, 3.63) is 28.2 Å². The Kier molecular flexibility index (Phi) is 5.45. The molecule has 7 heteroatoms. The first-order valence-electron chi connectivity index (χ1n) is 6.67. The zero-order chi connectivity index (χ0) is 15.4. The quantitative estimate of drug-likeness (QED) is 0.816. The van der Waals surface area contributed by atoms with Crippen LogP contribution in [0.1, 0.15) is 12.8 Å². The highest BCUT2D eigenvalue weighted by atomic mass is 35.5. The van der Waals surface area contributed by atoms with Crippen LogP contribution in [0, 0.1) is 5.92 Å². The predicted octanol–water partition coefficient (Wildman–Crippen LogP) is 2.16. The van der Waals surface area contributed by atoms with Gasteiger partial charge >= 0.3 is 11.8 Å². The lowest BCUT2D eigenvalue weighted by atomic mass is 9.99. The molecular formula is C14H16Cl2N2O3. The van der Waals surface area contributed by atoms with Gasteiger partial charge in [0.25, 0.3) is 0 Å². The highest BCUT2D eigenvalue weighted by Gasteiger charge is 2.27. The SMILES string of the molecule is O=C(Nc1ccc(Cl)cc1Cl)C(=O)N1CCCC(CO)C1. The van der Waals surface area contributed by atoms with E-state index in [0.29, 0.717) is 23.8 Å². The molecule has 5 nitrogen and oxygen atoms in total. The topological polar surface area (TPSA) is 69.6 Å². The second kappa shape index (κ2) is 7.11. The van der Waals surface area contributed by atoms with Crippen molar-refractivity contribution in [2.24, 2.45) is 5.92 Å². The summed E-state index contributed by atoms with van der Waals surface area (Å²) in [7, 11) is 0. The minimum atomic E-state index is -0.738. The number of hydrogen-bond acceptors (Lipinski definition) is 3. The smallest absolute Gasteiger partial charge is 0.313 e. The van der Waals surface area contributed by atoms with E-state index in [1.165, 1.54) is 11.0 Å². The van der Waals surface area contributed by atoms with Crippen LogP contribution in [0.4, 0.5) is 5.69 Å². The molecule has 1 aliphatic rings. The van der Waals surface area contributed by atoms with Crippen LogP contribution in [0.5, 0.6) is 0 Å². The first-order chi connectivity index (χ1) is 10.0. The fourth-order valence-corrected chi connectivity index (χ4v) is 2.76. The fourth-order valence-electron chi connectivity index (χ4n) is 2.31. The van der Waals surface area contributed by atoms with E-state index in [4.69, 9.17) is 28.3 Å². The number of halogens is 2. The van der Waals surface area contributed by atoms with Crippen molar-refractivity contribution in [3.8, 4) is 0 Å². The van der Waals surface area contributed by atoms with Gasteiger partial charge in [0.1, 0.15) is 0 Å². The van der Waals surface area contributed by atoms with Gasteiger partial charge in [0.05, 0.1) is 10.7 Å². The maximum absolute atomic E-state index is 12.1. The summed E-state index contributed by atoms with van der Waals surface area (Å²) in [5.41, 5.74) is 0.343. The molecule has 2 rings (SSSR count). The van der Waals surface area contributed by atoms with Gasteiger partial charge in [-0.25, -0.2) is 0 Å². The average molecular weight is 331 g/mol. The number of rotatable bonds is 2. The molecule has 0 saturated carbocycles. The van der Waals surface area contributed by atoms with Crippen molar-refractivity contribution in [1.82, 2.24) is 4.90 Å². The Morgan fingerprint density at radius 2 is 2.14 bits per heavy atom. The molecule has 1 fully saturated rings. The molecule has 1 atom stereocenters. The van der Waals surface area contributed by atoms with E-state index in [9.17, 15) is 9.59 Å². The Bertz CT molecular complexity index is 551. The van der Waals surface area contributed by atoms with Crippen LogP contribution in [0.15, 0.2) is 18.2 Å². The van der Waals surface area contributed by atoms with Crippen molar-refractivity contribution >= 4 is 40.7 Å². The molecule has 1 aliphatic heterocycles. The molecule has 1 saturated heterocycles. The summed E-state index contributed by atoms with van der Waals surface area (Å²) in [5.74, 6) is -1.31. The molecule has 1 aromatic carbocycles. The van der Waals surface area contributed by atoms with Gasteiger partial charge in [-0.3, -0.25) is 9.59 Å². The van der Waals surface area contributed by atoms with Gasteiger partial charge in [-0.15, -0.1) is 0 Å². The van der Waals surface area contributed by atoms with Crippen LogP contribution in [0.3, 0.4) is 0 Å². The standard InChI is InChI=1S/C14H16Cl2N2O3/c15-10-3-4-12(11(16)6-10)17-13(20)14(21)18-5-1-2-9(7-18)8-19/h3-4,6,9,19H,1-2,5,7-8H2,(H,17,20). The van der Waals surface area contributed by atoms with E-state index >= 15 is 0 Å². The minimum absolute atomic E-state index is 0.0222. The van der Waals surface area contributed by atoms with E-state index in [0.717, 1.165) is 12.8 Å². The molecule has 1 aromatic rings. The largest absolute Gasteiger partial charge is 0.396 e. The van der Waals surface area contributed by atoms with Gasteiger partial charge < -0.3 is 15.3 Å². The van der Waals surface area contributed by atoms with Gasteiger partial charge in [0.15, 0.2) is 0 Å². The van der Waals surface area contributed by atoms with Crippen molar-refractivity contribution in [3.63, 3.8) is 0 Å². The summed E-state index contributed by atoms with van der Waals surface area (Å²) in [6, 6.07) is 4.62. The van der Waals surface area contributed by atoms with E-state index in [2.05, 4.69) is 5.32 Å². The van der Waals surface area contributed by atoms with Crippen LogP contribution in [0.25, 0.3) is 0 Å². The van der Waals surface area contributed by atoms with Crippen molar-refractivity contribution in [1.29, 1.82) is 0 Å². The van der Waals surface area contributed by atoms with E-state index in [-0.39, 0.29) is 17.5 Å². The summed E-state index contributed by atoms with van der Waals surface area (Å²) in [6.45, 7) is 0.947. The number of aliphatic hydroxyl groups excluding tert-OH is 1. The number of amides is 2. The number of piperidine rings is 1. The third-order valence-corrected chi connectivity index (χ3v) is 3.99. The fraction of sp³-hybridized carbons (Fsp3) is 0.429. The first-order valence-corrected chi connectivity index (χ1v) is 7.43. The number of nitrogens with zero attached hydrogens (tertiary/aromatic N) is 1. The number of benzene rings is 1. The number of hydrogen-bond donors (Lipinski definition) is 2. The van der Waals surface area contributed by atoms with Gasteiger partial charge in [0.2, 0.25) is 0 Å². The zero-order valence-corrected chi connectivity index (χ0v) is 12.8. The van der Waals surface area contributed by atoms with Crippen LogP contribution in [-0.2, 0) is 9.59 Å². The average Bonchev–Trinajstić information content (AvgIpc) is 2.49. The first kappa shape index (κ1) is 16.1. The number of carbonyl (C=O) groups is 2. The predicted molar refractivity (Wildman–Crippen MR) is 81.5 cm³/mol. The highest BCUT2D eigenvalue weighted by Crippen LogP contribution is 2.25. The number of aliphatic hydroxyl groups is 1. The molecule has 0 spiro atoms. The third-order valence-electron chi connectivity index (χ3n) is 3.44. The van der Waals surface area contributed by atoms with Crippen LogP contribution in [-0.4, -0.2) is 41.5 Å². The molecule has 1 heterocycles. The molecule has 2 N–H and O–H groups in total. The monoisotopic (exact) mass is 330 g/mol. The Labute approximate surface area is 132 Å². The van der Waals surface area contributed by atoms with Gasteiger partial charge in [-0.05, 0) is 37.0 Å². The summed E-state index contributed by atoms with van der Waals surface area (Å²) in [6.07, 6.45) is 1.65. The minimum Gasteiger partial charge on any atom is -0.396 e. The molecule has 0 aromatic heterocycles. The number of anilines is 1. The summed E-state index contributed by atoms with van der Waals surface area (Å²) in [5, 5.41) is 12.4. The Morgan fingerprint density at radius 3 is 2.81 bits per heavy atom. The molecule has 2 amide bonds. The van der Waals surface area contributed by atoms with Crippen molar-refractivity contribution in [2.45, 2.75) is 12.8 Å². The normalized spacial score (nSPS) is 18.4. The lowest BCUT2D eigenvalue weighted by molar-refractivity contribution is -0.144. The molecule has 21 heavy (non-hydrogen) atoms. The Balaban J connectivity index is 2.00. The van der Waals surface area contributed by atoms with Gasteiger partial charge in [-0.1, -0.05) is 23.2 Å². The number of nitrogens with one attached hydrogen (secondary N) is 1. The van der Waals surface area contributed by atoms with Crippen LogP contribution in [0.2, 0.25) is 10.0 Å². The van der Waals surface area contributed by atoms with Crippen molar-refractivity contribution < 1.29 is 14.7 Å². The number of carbonyl (C=O) groups excluding carboxylic acids is 2. The molecular weight excluding hydrogens is 315 g/mol. The second-order valence-electron chi connectivity index (χ2n) is 5.02. The summed E-state index contributed by atoms with van der Waals surface area (Å²) < 4.78 is 0. The summed E-state index contributed by atoms with van der Waals surface area (Å²) >= 11 is 11.7. The molecule has 1 unspecified atom stereocenters. The zero-order valence-electron chi connectivity index (χ0n) is 11.3. The Hall–Kier alpha value is -1.30. The summed E-state index contributed by atoms with van der Waals surface area (Å²) in [4.78, 5) is 25.6. The molecule has 114 valence electrons. The molecule has 0 aliphatic carbocycles. The lowest BCUT2D eigenvalue weighted by Gasteiger charge is -2.31. The second-order valence-corrected chi connectivity index (χ2v) is 5.86. The van der Waals surface area contributed by atoms with Gasteiger partial charge in [-0.2, -0.15) is 0 Å². The Morgan fingerprint density at radius 1 is 1.38 bits per heavy atom. The van der Waals surface area contributed by atoms with E-state index < -0.39 is 11.8 Å². The number of likely N-dealkylation sites (tertiary alicyclic amines) is 1. The van der Waals surface area contributed by atoms with Crippen LogP contribution < -0.4 is 5.32 Å². The van der Waals surface area contributed by atoms with Crippen LogP contribution >= 0.6 is 23.2 Å². The van der Waals surface area contributed by atoms with E-state index in [1.54, 1.807) is 12.1 Å². The molecule has 0 bridgehead atoms. The highest BCUT2D eigenvalue weighted by molar-refractivity contribution is 6.42. The third kappa shape index (κ3) is 4.09. The van der Waals surface area contributed by atoms with Crippen molar-refractivity contribution in [2.75, 3.05) is 25.0 Å². The maximum Gasteiger partial charge on any atom is 0.313 e. The molecule has 0 radical (unpaired) electrons. The maximum atomic E-state index is 12.1.